The topological polar surface area (TPSA) is 54.4 Å². The molecule has 3 rings (SSSR count). The number of ether oxygens (including phenoxy) is 2. The van der Waals surface area contributed by atoms with Crippen molar-refractivity contribution >= 4 is 12.2 Å². The first-order chi connectivity index (χ1) is 13.6. The van der Waals surface area contributed by atoms with Gasteiger partial charge in [-0.2, -0.15) is 0 Å². The molecule has 0 unspecified atom stereocenters. The third-order valence-electron chi connectivity index (χ3n) is 5.65. The highest BCUT2D eigenvalue weighted by atomic mass is 16.5. The predicted molar refractivity (Wildman–Crippen MR) is 111 cm³/mol. The molecular formula is C22H33N3O3. The van der Waals surface area contributed by atoms with E-state index in [4.69, 9.17) is 9.47 Å². The molecule has 2 aliphatic rings. The van der Waals surface area contributed by atoms with Crippen LogP contribution in [0.15, 0.2) is 29.3 Å². The van der Waals surface area contributed by atoms with Crippen LogP contribution in [0.3, 0.4) is 0 Å². The summed E-state index contributed by atoms with van der Waals surface area (Å²) in [6.45, 7) is 5.45. The SMILES string of the molecule is CN(C)C=NC(=O)C1(c2ccc(OCCCN3CCCC3)cc2)CCOCC1. The Morgan fingerprint density at radius 2 is 1.89 bits per heavy atom. The van der Waals surface area contributed by atoms with Crippen LogP contribution in [0.2, 0.25) is 0 Å². The minimum atomic E-state index is -0.598. The number of amides is 1. The average molecular weight is 388 g/mol. The summed E-state index contributed by atoms with van der Waals surface area (Å²) >= 11 is 0. The molecule has 2 saturated heterocycles. The lowest BCUT2D eigenvalue weighted by Crippen LogP contribution is -2.40. The predicted octanol–water partition coefficient (Wildman–Crippen LogP) is 2.72. The molecule has 0 atom stereocenters. The maximum atomic E-state index is 12.9. The summed E-state index contributed by atoms with van der Waals surface area (Å²) in [6.07, 6.45) is 6.59. The summed E-state index contributed by atoms with van der Waals surface area (Å²) in [5.41, 5.74) is 0.403. The lowest BCUT2D eigenvalue weighted by Gasteiger charge is -2.34. The summed E-state index contributed by atoms with van der Waals surface area (Å²) in [5.74, 6) is 0.764. The Bertz CT molecular complexity index is 645. The number of benzene rings is 1. The van der Waals surface area contributed by atoms with Gasteiger partial charge in [-0.3, -0.25) is 4.79 Å². The van der Waals surface area contributed by atoms with Gasteiger partial charge in [0.15, 0.2) is 0 Å². The van der Waals surface area contributed by atoms with Crippen molar-refractivity contribution in [2.24, 2.45) is 4.99 Å². The summed E-state index contributed by atoms with van der Waals surface area (Å²) in [5, 5.41) is 0. The van der Waals surface area contributed by atoms with Crippen molar-refractivity contribution in [2.45, 2.75) is 37.5 Å². The van der Waals surface area contributed by atoms with E-state index in [0.29, 0.717) is 26.1 Å². The molecule has 0 radical (unpaired) electrons. The molecule has 154 valence electrons. The third-order valence-corrected chi connectivity index (χ3v) is 5.65. The van der Waals surface area contributed by atoms with E-state index in [1.165, 1.54) is 25.9 Å². The van der Waals surface area contributed by atoms with E-state index in [1.54, 1.807) is 11.2 Å². The first-order valence-electron chi connectivity index (χ1n) is 10.4. The molecule has 0 spiro atoms. The first-order valence-corrected chi connectivity index (χ1v) is 10.4. The van der Waals surface area contributed by atoms with Crippen LogP contribution >= 0.6 is 0 Å². The average Bonchev–Trinajstić information content (AvgIpc) is 3.24. The molecule has 1 aromatic rings. The highest BCUT2D eigenvalue weighted by Gasteiger charge is 2.41. The molecule has 1 amide bonds. The molecule has 2 aliphatic heterocycles. The quantitative estimate of drug-likeness (QED) is 0.390. The van der Waals surface area contributed by atoms with Gasteiger partial charge in [-0.15, -0.1) is 0 Å². The number of hydrogen-bond acceptors (Lipinski definition) is 4. The van der Waals surface area contributed by atoms with Crippen molar-refractivity contribution in [3.63, 3.8) is 0 Å². The molecule has 1 aromatic carbocycles. The van der Waals surface area contributed by atoms with Crippen LogP contribution in [0.5, 0.6) is 5.75 Å². The van der Waals surface area contributed by atoms with Crippen LogP contribution < -0.4 is 4.74 Å². The van der Waals surface area contributed by atoms with Gasteiger partial charge >= 0.3 is 0 Å². The van der Waals surface area contributed by atoms with Gasteiger partial charge < -0.3 is 19.3 Å². The highest BCUT2D eigenvalue weighted by molar-refractivity contribution is 5.93. The second-order valence-corrected chi connectivity index (χ2v) is 7.98. The molecular weight excluding hydrogens is 354 g/mol. The summed E-state index contributed by atoms with van der Waals surface area (Å²) < 4.78 is 11.4. The van der Waals surface area contributed by atoms with Crippen molar-refractivity contribution in [3.8, 4) is 5.75 Å². The van der Waals surface area contributed by atoms with Crippen LogP contribution in [0, 0.1) is 0 Å². The second-order valence-electron chi connectivity index (χ2n) is 7.98. The fourth-order valence-corrected chi connectivity index (χ4v) is 3.99. The van der Waals surface area contributed by atoms with Gasteiger partial charge in [-0.25, -0.2) is 4.99 Å². The van der Waals surface area contributed by atoms with Crippen molar-refractivity contribution in [1.82, 2.24) is 9.80 Å². The fraction of sp³-hybridized carbons (Fsp3) is 0.636. The monoisotopic (exact) mass is 387 g/mol. The fourth-order valence-electron chi connectivity index (χ4n) is 3.99. The standard InChI is InChI=1S/C22H33N3O3/c1-24(2)18-23-21(26)22(10-16-27-17-11-22)19-6-8-20(9-7-19)28-15-5-14-25-12-3-4-13-25/h6-9,18H,3-5,10-17H2,1-2H3. The molecule has 0 bridgehead atoms. The minimum Gasteiger partial charge on any atom is -0.494 e. The zero-order valence-corrected chi connectivity index (χ0v) is 17.2. The van der Waals surface area contributed by atoms with Gasteiger partial charge in [-0.1, -0.05) is 12.1 Å². The van der Waals surface area contributed by atoms with Crippen molar-refractivity contribution in [1.29, 1.82) is 0 Å². The van der Waals surface area contributed by atoms with Gasteiger partial charge in [0.2, 0.25) is 0 Å². The normalized spacial score (nSPS) is 19.8. The molecule has 0 saturated carbocycles. The number of hydrogen-bond donors (Lipinski definition) is 0. The van der Waals surface area contributed by atoms with Crippen LogP contribution in [0.1, 0.15) is 37.7 Å². The Morgan fingerprint density at radius 1 is 1.21 bits per heavy atom. The van der Waals surface area contributed by atoms with E-state index in [-0.39, 0.29) is 5.91 Å². The summed E-state index contributed by atoms with van der Waals surface area (Å²) in [6, 6.07) is 7.99. The minimum absolute atomic E-state index is 0.0937. The van der Waals surface area contributed by atoms with Crippen molar-refractivity contribution in [3.05, 3.63) is 29.8 Å². The summed E-state index contributed by atoms with van der Waals surface area (Å²) in [7, 11) is 3.73. The van der Waals surface area contributed by atoms with Crippen molar-refractivity contribution in [2.75, 3.05) is 53.6 Å². The first kappa shape index (κ1) is 20.8. The zero-order chi connectivity index (χ0) is 19.8. The lowest BCUT2D eigenvalue weighted by atomic mass is 9.73. The third kappa shape index (κ3) is 5.32. The number of carbonyl (C=O) groups excluding carboxylic acids is 1. The van der Waals surface area contributed by atoms with E-state index in [2.05, 4.69) is 9.89 Å². The van der Waals surface area contributed by atoms with Crippen LogP contribution in [0.4, 0.5) is 0 Å². The van der Waals surface area contributed by atoms with Gasteiger partial charge in [0.25, 0.3) is 5.91 Å². The Kier molecular flexibility index (Phi) is 7.45. The van der Waals surface area contributed by atoms with E-state index in [0.717, 1.165) is 30.9 Å². The van der Waals surface area contributed by atoms with E-state index in [1.807, 2.05) is 38.4 Å². The smallest absolute Gasteiger partial charge is 0.257 e. The number of aliphatic imine (C=N–C) groups is 1. The van der Waals surface area contributed by atoms with E-state index >= 15 is 0 Å². The maximum absolute atomic E-state index is 12.9. The van der Waals surface area contributed by atoms with Gasteiger partial charge in [-0.05, 0) is 62.9 Å². The van der Waals surface area contributed by atoms with Crippen LogP contribution in [-0.2, 0) is 14.9 Å². The van der Waals surface area contributed by atoms with Gasteiger partial charge in [0, 0.05) is 33.9 Å². The Balaban J connectivity index is 1.60. The molecule has 0 aliphatic carbocycles. The Hall–Kier alpha value is -1.92. The molecule has 2 heterocycles. The molecule has 0 aromatic heterocycles. The van der Waals surface area contributed by atoms with Crippen LogP contribution in [-0.4, -0.2) is 75.6 Å². The molecule has 6 nitrogen and oxygen atoms in total. The number of rotatable bonds is 8. The molecule has 6 heteroatoms. The highest BCUT2D eigenvalue weighted by Crippen LogP contribution is 2.37. The van der Waals surface area contributed by atoms with Crippen LogP contribution in [0.25, 0.3) is 0 Å². The van der Waals surface area contributed by atoms with E-state index in [9.17, 15) is 4.79 Å². The Labute approximate surface area is 168 Å². The zero-order valence-electron chi connectivity index (χ0n) is 17.2. The second kappa shape index (κ2) is 10.0. The Morgan fingerprint density at radius 3 is 2.54 bits per heavy atom. The summed E-state index contributed by atoms with van der Waals surface area (Å²) in [4.78, 5) is 21.4. The lowest BCUT2D eigenvalue weighted by molar-refractivity contribution is -0.126. The van der Waals surface area contributed by atoms with Gasteiger partial charge in [0.05, 0.1) is 18.4 Å². The maximum Gasteiger partial charge on any atom is 0.257 e. The van der Waals surface area contributed by atoms with E-state index < -0.39 is 5.41 Å². The number of nitrogens with zero attached hydrogens (tertiary/aromatic N) is 3. The number of carbonyl (C=O) groups is 1. The number of likely N-dealkylation sites (tertiary alicyclic amines) is 1. The van der Waals surface area contributed by atoms with Crippen molar-refractivity contribution < 1.29 is 14.3 Å². The molecule has 0 N–H and O–H groups in total. The van der Waals surface area contributed by atoms with Gasteiger partial charge in [0.1, 0.15) is 5.75 Å². The molecule has 28 heavy (non-hydrogen) atoms. The molecule has 2 fully saturated rings. The largest absolute Gasteiger partial charge is 0.494 e.